The third-order valence-corrected chi connectivity index (χ3v) is 5.25. The van der Waals surface area contributed by atoms with E-state index in [1.165, 1.54) is 12.1 Å². The van der Waals surface area contributed by atoms with E-state index in [0.717, 1.165) is 4.90 Å². The minimum Gasteiger partial charge on any atom is -0.330 e. The molecule has 0 bridgehead atoms. The summed E-state index contributed by atoms with van der Waals surface area (Å²) in [5.74, 6) is -1.61. The number of nitrogens with zero attached hydrogens (tertiary/aromatic N) is 1. The van der Waals surface area contributed by atoms with Gasteiger partial charge in [0.25, 0.3) is 19.5 Å². The third-order valence-electron chi connectivity index (χ3n) is 3.36. The fourth-order valence-corrected chi connectivity index (χ4v) is 3.83. The molecule has 7 nitrogen and oxygen atoms in total. The first-order valence-electron chi connectivity index (χ1n) is 6.85. The van der Waals surface area contributed by atoms with Gasteiger partial charge in [0.05, 0.1) is 17.7 Å². The van der Waals surface area contributed by atoms with Crippen LogP contribution in [-0.2, 0) is 4.79 Å². The van der Waals surface area contributed by atoms with Crippen molar-refractivity contribution in [2.24, 2.45) is 5.73 Å². The lowest BCUT2D eigenvalue weighted by Gasteiger charge is -2.15. The normalized spacial score (nSPS) is 14.4. The zero-order valence-electron chi connectivity index (χ0n) is 11.9. The summed E-state index contributed by atoms with van der Waals surface area (Å²) in [6.45, 7) is -0.146. The predicted octanol–water partition coefficient (Wildman–Crippen LogP) is 0.0327. The third kappa shape index (κ3) is 3.56. The molecule has 1 aliphatic rings. The van der Waals surface area contributed by atoms with Crippen LogP contribution >= 0.6 is 7.72 Å². The lowest BCUT2D eigenvalue weighted by atomic mass is 10.1. The summed E-state index contributed by atoms with van der Waals surface area (Å²) in [5, 5.41) is 0. The number of nitrogens with two attached hydrogens (primary N) is 1. The number of Topliss-reactive ketones (excluding diaryl/α,β-unsaturated/α-hetero) is 1. The van der Waals surface area contributed by atoms with Crippen molar-refractivity contribution in [2.75, 3.05) is 25.4 Å². The van der Waals surface area contributed by atoms with Crippen LogP contribution in [0, 0.1) is 0 Å². The minimum absolute atomic E-state index is 0.0668. The van der Waals surface area contributed by atoms with E-state index in [-0.39, 0.29) is 17.3 Å². The fraction of sp³-hybridized carbons (Fsp3) is 0.357. The predicted molar refractivity (Wildman–Crippen MR) is 81.6 cm³/mol. The van der Waals surface area contributed by atoms with Crippen molar-refractivity contribution in [2.45, 2.75) is 6.42 Å². The van der Waals surface area contributed by atoms with E-state index in [2.05, 4.69) is 0 Å². The van der Waals surface area contributed by atoms with Crippen molar-refractivity contribution < 1.29 is 24.2 Å². The van der Waals surface area contributed by atoms with Gasteiger partial charge in [-0.2, -0.15) is 0 Å². The van der Waals surface area contributed by atoms with Crippen molar-refractivity contribution >= 4 is 25.3 Å². The maximum Gasteiger partial charge on any atom is 0.275 e. The van der Waals surface area contributed by atoms with Gasteiger partial charge in [0.15, 0.2) is 11.9 Å². The zero-order chi connectivity index (χ0) is 16.3. The van der Waals surface area contributed by atoms with Crippen LogP contribution < -0.4 is 5.73 Å². The number of ketones is 1. The number of hydrogen-bond acceptors (Lipinski definition) is 6. The van der Waals surface area contributed by atoms with Crippen molar-refractivity contribution in [1.29, 1.82) is 0 Å². The molecule has 4 N–H and O–H groups in total. The summed E-state index contributed by atoms with van der Waals surface area (Å²) in [7, 11) is -3.36. The number of hydrogen-bond donors (Lipinski definition) is 3. The highest BCUT2D eigenvalue weighted by Gasteiger charge is 2.40. The Balaban J connectivity index is 2.02. The summed E-state index contributed by atoms with van der Waals surface area (Å²) in [5.41, 5.74) is 5.82. The average Bonchev–Trinajstić information content (AvgIpc) is 2.70. The quantitative estimate of drug-likeness (QED) is 0.480. The number of benzene rings is 1. The Labute approximate surface area is 128 Å². The summed E-state index contributed by atoms with van der Waals surface area (Å²) < 4.78 is 0. The topological polar surface area (TPSA) is 121 Å². The molecule has 8 heteroatoms. The van der Waals surface area contributed by atoms with Gasteiger partial charge in [-0.25, -0.2) is 9.79 Å². The van der Waals surface area contributed by atoms with Gasteiger partial charge in [0.2, 0.25) is 0 Å². The number of amides is 2. The summed E-state index contributed by atoms with van der Waals surface area (Å²) in [6, 6.07) is 6.33. The molecule has 0 radical (unpaired) electrons. The number of rotatable bonds is 7. The Hall–Kier alpha value is -1.66. The van der Waals surface area contributed by atoms with Gasteiger partial charge in [-0.05, 0) is 25.1 Å². The van der Waals surface area contributed by atoms with Crippen LogP contribution in [-0.4, -0.2) is 57.7 Å². The molecule has 0 unspecified atom stereocenters. The molecule has 0 saturated carbocycles. The first-order valence-corrected chi connectivity index (χ1v) is 8.92. The second kappa shape index (κ2) is 6.62. The van der Waals surface area contributed by atoms with Gasteiger partial charge in [0, 0.05) is 0 Å². The summed E-state index contributed by atoms with van der Waals surface area (Å²) >= 11 is 0. The van der Waals surface area contributed by atoms with E-state index in [1.807, 2.05) is 0 Å². The maximum atomic E-state index is 12.1. The monoisotopic (exact) mass is 325 g/mol. The van der Waals surface area contributed by atoms with E-state index in [4.69, 9.17) is 5.73 Å². The fourth-order valence-electron chi connectivity index (χ4n) is 2.32. The molecule has 0 aromatic heterocycles. The molecule has 0 aliphatic carbocycles. The lowest BCUT2D eigenvalue weighted by Crippen LogP contribution is -2.36. The molecule has 2 rings (SSSR count). The lowest BCUT2D eigenvalue weighted by molar-refractivity contribution is -0.117. The van der Waals surface area contributed by atoms with Crippen molar-refractivity contribution in [3.8, 4) is 0 Å². The van der Waals surface area contributed by atoms with Crippen LogP contribution in [0.3, 0.4) is 0 Å². The molecule has 0 saturated heterocycles. The number of imide groups is 1. The molecule has 0 spiro atoms. The number of fused-ring (bicyclic) bond motifs is 1. The van der Waals surface area contributed by atoms with Gasteiger partial charge in [-0.1, -0.05) is 12.1 Å². The van der Waals surface area contributed by atoms with Crippen molar-refractivity contribution in [1.82, 2.24) is 4.90 Å². The number of carbonyl (C=O) groups excluding carboxylic acids is 3. The first kappa shape index (κ1) is 16.7. The Bertz CT molecular complexity index is 582. The molecule has 1 aliphatic heterocycles. The van der Waals surface area contributed by atoms with E-state index < -0.39 is 38.0 Å². The summed E-state index contributed by atoms with van der Waals surface area (Å²) in [4.78, 5) is 56.6. The minimum atomic E-state index is -3.36. The van der Waals surface area contributed by atoms with Crippen LogP contribution in [0.4, 0.5) is 0 Å². The SMILES string of the molecule is NCCC[P+](O)(O)CC(=O)CN1C(=O)c2ccccc2C1=O. The molecule has 1 aromatic rings. The Morgan fingerprint density at radius 1 is 1.14 bits per heavy atom. The molecule has 1 aromatic carbocycles. The number of carbonyl (C=O) groups is 3. The molecular weight excluding hydrogens is 307 g/mol. The van der Waals surface area contributed by atoms with Gasteiger partial charge in [-0.3, -0.25) is 19.3 Å². The van der Waals surface area contributed by atoms with Crippen LogP contribution in [0.2, 0.25) is 0 Å². The average molecular weight is 325 g/mol. The summed E-state index contributed by atoms with van der Waals surface area (Å²) in [6.07, 6.45) is 0.0266. The Kier molecular flexibility index (Phi) is 5.03. The Morgan fingerprint density at radius 3 is 2.18 bits per heavy atom. The molecule has 118 valence electrons. The van der Waals surface area contributed by atoms with Crippen LogP contribution in [0.15, 0.2) is 24.3 Å². The van der Waals surface area contributed by atoms with E-state index >= 15 is 0 Å². The van der Waals surface area contributed by atoms with Crippen molar-refractivity contribution in [3.63, 3.8) is 0 Å². The molecule has 0 atom stereocenters. The van der Waals surface area contributed by atoms with Gasteiger partial charge < -0.3 is 5.73 Å². The first-order chi connectivity index (χ1) is 10.4. The van der Waals surface area contributed by atoms with Gasteiger partial charge in [0.1, 0.15) is 6.16 Å². The van der Waals surface area contributed by atoms with E-state index in [1.54, 1.807) is 12.1 Å². The largest absolute Gasteiger partial charge is 0.330 e. The van der Waals surface area contributed by atoms with Crippen LogP contribution in [0.25, 0.3) is 0 Å². The van der Waals surface area contributed by atoms with Gasteiger partial charge in [-0.15, -0.1) is 0 Å². The highest BCUT2D eigenvalue weighted by Crippen LogP contribution is 2.50. The van der Waals surface area contributed by atoms with Crippen LogP contribution in [0.5, 0.6) is 0 Å². The molecular formula is C14H18N2O5P+. The smallest absolute Gasteiger partial charge is 0.275 e. The maximum absolute atomic E-state index is 12.1. The van der Waals surface area contributed by atoms with Crippen molar-refractivity contribution in [3.05, 3.63) is 35.4 Å². The Morgan fingerprint density at radius 2 is 1.68 bits per heavy atom. The molecule has 0 fully saturated rings. The zero-order valence-corrected chi connectivity index (χ0v) is 12.8. The van der Waals surface area contributed by atoms with Gasteiger partial charge >= 0.3 is 0 Å². The highest BCUT2D eigenvalue weighted by molar-refractivity contribution is 7.65. The molecule has 2 amide bonds. The highest BCUT2D eigenvalue weighted by atomic mass is 31.2. The van der Waals surface area contributed by atoms with E-state index in [9.17, 15) is 24.2 Å². The molecule has 22 heavy (non-hydrogen) atoms. The molecule has 1 heterocycles. The van der Waals surface area contributed by atoms with Crippen LogP contribution in [0.1, 0.15) is 27.1 Å². The standard InChI is InChI=1S/C14H18N2O5P/c15-6-3-7-22(20,21)9-10(17)8-16-13(18)11-4-1-2-5-12(11)14(16)19/h1-2,4-5,20-21H,3,6-9,15H2/q+1. The second-order valence-corrected chi connectivity index (χ2v) is 7.70. The van der Waals surface area contributed by atoms with E-state index in [0.29, 0.717) is 13.0 Å². The second-order valence-electron chi connectivity index (χ2n) is 5.18.